The Morgan fingerprint density at radius 1 is 1.33 bits per heavy atom. The molecule has 0 aliphatic carbocycles. The van der Waals surface area contributed by atoms with Crippen LogP contribution in [-0.4, -0.2) is 45.8 Å². The van der Waals surface area contributed by atoms with E-state index in [9.17, 15) is 4.79 Å². The molecule has 1 aliphatic heterocycles. The van der Waals surface area contributed by atoms with Crippen LogP contribution in [0, 0.1) is 0 Å². The first-order valence-corrected chi connectivity index (χ1v) is 7.99. The molecule has 1 amide bonds. The number of nitrogens with one attached hydrogen (secondary N) is 1. The summed E-state index contributed by atoms with van der Waals surface area (Å²) in [5.74, 6) is -0.208. The second-order valence-electron chi connectivity index (χ2n) is 6.53. The number of aryl methyl sites for hydroxylation is 1. The van der Waals surface area contributed by atoms with Crippen molar-refractivity contribution >= 4 is 17.5 Å². The van der Waals surface area contributed by atoms with Crippen LogP contribution in [0.15, 0.2) is 6.20 Å². The highest BCUT2D eigenvalue weighted by molar-refractivity contribution is 6.33. The Kier molecular flexibility index (Phi) is 5.27. The Morgan fingerprint density at radius 3 is 2.48 bits per heavy atom. The number of rotatable bonds is 4. The third-order valence-electron chi connectivity index (χ3n) is 3.77. The van der Waals surface area contributed by atoms with Gasteiger partial charge in [-0.05, 0) is 39.8 Å². The van der Waals surface area contributed by atoms with E-state index in [0.29, 0.717) is 10.7 Å². The number of carbonyl (C=O) groups excluding carboxylic acids is 1. The van der Waals surface area contributed by atoms with Crippen molar-refractivity contribution in [2.45, 2.75) is 45.1 Å². The molecule has 1 saturated heterocycles. The zero-order chi connectivity index (χ0) is 15.5. The lowest BCUT2D eigenvalue weighted by Crippen LogP contribution is -2.51. The molecule has 0 bridgehead atoms. The third-order valence-corrected chi connectivity index (χ3v) is 4.05. The number of aromatic nitrogens is 2. The van der Waals surface area contributed by atoms with Gasteiger partial charge in [0.05, 0.1) is 5.02 Å². The summed E-state index contributed by atoms with van der Waals surface area (Å²) in [6.45, 7) is 7.18. The first kappa shape index (κ1) is 16.3. The topological polar surface area (TPSA) is 50.2 Å². The van der Waals surface area contributed by atoms with Gasteiger partial charge in [-0.2, -0.15) is 5.10 Å². The molecule has 0 unspecified atom stereocenters. The first-order chi connectivity index (χ1) is 9.87. The molecule has 2 heterocycles. The largest absolute Gasteiger partial charge is 0.344 e. The Morgan fingerprint density at radius 2 is 1.95 bits per heavy atom. The van der Waals surface area contributed by atoms with E-state index >= 15 is 0 Å². The predicted octanol–water partition coefficient (Wildman–Crippen LogP) is 2.46. The summed E-state index contributed by atoms with van der Waals surface area (Å²) >= 11 is 6.03. The molecule has 6 heteroatoms. The molecule has 0 radical (unpaired) electrons. The number of carbonyl (C=O) groups is 1. The number of halogens is 1. The van der Waals surface area contributed by atoms with Crippen LogP contribution in [0.3, 0.4) is 0 Å². The summed E-state index contributed by atoms with van der Waals surface area (Å²) in [6, 6.07) is 0. The highest BCUT2D eigenvalue weighted by Gasteiger charge is 2.26. The summed E-state index contributed by atoms with van der Waals surface area (Å²) in [7, 11) is 1.75. The van der Waals surface area contributed by atoms with Crippen LogP contribution in [0.5, 0.6) is 0 Å². The number of hydrogen-bond acceptors (Lipinski definition) is 3. The molecule has 0 atom stereocenters. The van der Waals surface area contributed by atoms with Gasteiger partial charge < -0.3 is 10.2 Å². The van der Waals surface area contributed by atoms with E-state index in [4.69, 9.17) is 11.6 Å². The highest BCUT2D eigenvalue weighted by atomic mass is 35.5. The Labute approximate surface area is 131 Å². The quantitative estimate of drug-likeness (QED) is 0.929. The van der Waals surface area contributed by atoms with E-state index in [2.05, 4.69) is 15.3 Å². The van der Waals surface area contributed by atoms with E-state index < -0.39 is 0 Å². The van der Waals surface area contributed by atoms with Crippen molar-refractivity contribution in [1.29, 1.82) is 0 Å². The van der Waals surface area contributed by atoms with Crippen LogP contribution < -0.4 is 5.32 Å². The van der Waals surface area contributed by atoms with Gasteiger partial charge in [0.25, 0.3) is 5.91 Å². The lowest BCUT2D eigenvalue weighted by atomic mass is 10.0. The van der Waals surface area contributed by atoms with Crippen molar-refractivity contribution in [3.63, 3.8) is 0 Å². The fourth-order valence-corrected chi connectivity index (χ4v) is 3.14. The van der Waals surface area contributed by atoms with Crippen molar-refractivity contribution in [3.05, 3.63) is 16.9 Å². The molecule has 1 fully saturated rings. The smallest absolute Gasteiger partial charge is 0.273 e. The standard InChI is InChI=1S/C15H25ClN4O/c1-15(2,11-20-8-6-4-5-7-9-20)17-14(21)13-12(16)10-19(3)18-13/h10H,4-9,11H2,1-3H3,(H,17,21). The van der Waals surface area contributed by atoms with Gasteiger partial charge in [-0.1, -0.05) is 24.4 Å². The zero-order valence-electron chi connectivity index (χ0n) is 13.2. The molecule has 0 spiro atoms. The van der Waals surface area contributed by atoms with Crippen LogP contribution in [0.1, 0.15) is 50.0 Å². The van der Waals surface area contributed by atoms with Crippen molar-refractivity contribution in [2.24, 2.45) is 7.05 Å². The Hall–Kier alpha value is -1.07. The molecular formula is C15H25ClN4O. The zero-order valence-corrected chi connectivity index (χ0v) is 13.9. The average Bonchev–Trinajstić information content (AvgIpc) is 2.58. The molecule has 21 heavy (non-hydrogen) atoms. The van der Waals surface area contributed by atoms with Crippen molar-refractivity contribution in [3.8, 4) is 0 Å². The van der Waals surface area contributed by atoms with E-state index in [1.807, 2.05) is 13.8 Å². The molecule has 118 valence electrons. The van der Waals surface area contributed by atoms with Gasteiger partial charge in [-0.15, -0.1) is 0 Å². The van der Waals surface area contributed by atoms with Gasteiger partial charge in [-0.3, -0.25) is 9.48 Å². The second-order valence-corrected chi connectivity index (χ2v) is 6.93. The maximum Gasteiger partial charge on any atom is 0.273 e. The summed E-state index contributed by atoms with van der Waals surface area (Å²) in [5, 5.41) is 7.56. The maximum atomic E-state index is 12.3. The molecular weight excluding hydrogens is 288 g/mol. The van der Waals surface area contributed by atoms with Crippen molar-refractivity contribution < 1.29 is 4.79 Å². The van der Waals surface area contributed by atoms with Crippen LogP contribution >= 0.6 is 11.6 Å². The first-order valence-electron chi connectivity index (χ1n) is 7.61. The van der Waals surface area contributed by atoms with E-state index in [1.54, 1.807) is 17.9 Å². The van der Waals surface area contributed by atoms with Gasteiger partial charge in [0, 0.05) is 25.3 Å². The van der Waals surface area contributed by atoms with Gasteiger partial charge in [0.15, 0.2) is 5.69 Å². The summed E-state index contributed by atoms with van der Waals surface area (Å²) < 4.78 is 1.55. The SMILES string of the molecule is Cn1cc(Cl)c(C(=O)NC(C)(C)CN2CCCCCC2)n1. The molecule has 0 aromatic carbocycles. The van der Waals surface area contributed by atoms with Crippen LogP contribution in [-0.2, 0) is 7.05 Å². The van der Waals surface area contributed by atoms with Crippen molar-refractivity contribution in [1.82, 2.24) is 20.0 Å². The fourth-order valence-electron chi connectivity index (χ4n) is 2.87. The molecule has 1 aliphatic rings. The van der Waals surface area contributed by atoms with E-state index in [-0.39, 0.29) is 11.4 Å². The van der Waals surface area contributed by atoms with Gasteiger partial charge in [0.1, 0.15) is 0 Å². The highest BCUT2D eigenvalue weighted by Crippen LogP contribution is 2.16. The lowest BCUT2D eigenvalue weighted by molar-refractivity contribution is 0.0882. The minimum atomic E-state index is -0.303. The number of hydrogen-bond donors (Lipinski definition) is 1. The van der Waals surface area contributed by atoms with Gasteiger partial charge in [0.2, 0.25) is 0 Å². The Balaban J connectivity index is 1.96. The summed E-state index contributed by atoms with van der Waals surface area (Å²) in [5.41, 5.74) is -0.00876. The maximum absolute atomic E-state index is 12.3. The molecule has 0 saturated carbocycles. The number of likely N-dealkylation sites (tertiary alicyclic amines) is 1. The van der Waals surface area contributed by atoms with Crippen LogP contribution in [0.4, 0.5) is 0 Å². The molecule has 5 nitrogen and oxygen atoms in total. The monoisotopic (exact) mass is 312 g/mol. The molecule has 1 N–H and O–H groups in total. The van der Waals surface area contributed by atoms with Gasteiger partial charge >= 0.3 is 0 Å². The lowest BCUT2D eigenvalue weighted by Gasteiger charge is -2.32. The summed E-state index contributed by atoms with van der Waals surface area (Å²) in [6.07, 6.45) is 6.75. The van der Waals surface area contributed by atoms with E-state index in [0.717, 1.165) is 19.6 Å². The minimum Gasteiger partial charge on any atom is -0.344 e. The van der Waals surface area contributed by atoms with Gasteiger partial charge in [-0.25, -0.2) is 0 Å². The second kappa shape index (κ2) is 6.79. The minimum absolute atomic E-state index is 0.208. The van der Waals surface area contributed by atoms with Crippen molar-refractivity contribution in [2.75, 3.05) is 19.6 Å². The predicted molar refractivity (Wildman–Crippen MR) is 84.7 cm³/mol. The number of amides is 1. The Bertz CT molecular complexity index is 490. The van der Waals surface area contributed by atoms with Crippen LogP contribution in [0.2, 0.25) is 5.02 Å². The molecule has 1 aromatic heterocycles. The summed E-state index contributed by atoms with van der Waals surface area (Å²) in [4.78, 5) is 14.8. The average molecular weight is 313 g/mol. The van der Waals surface area contributed by atoms with E-state index in [1.165, 1.54) is 25.7 Å². The molecule has 2 rings (SSSR count). The fraction of sp³-hybridized carbons (Fsp3) is 0.733. The van der Waals surface area contributed by atoms with Crippen LogP contribution in [0.25, 0.3) is 0 Å². The third kappa shape index (κ3) is 4.71. The normalized spacial score (nSPS) is 17.5. The molecule has 1 aromatic rings. The number of nitrogens with zero attached hydrogens (tertiary/aromatic N) is 3.